The van der Waals surface area contributed by atoms with E-state index in [-0.39, 0.29) is 34.1 Å². The van der Waals surface area contributed by atoms with Gasteiger partial charge in [0.2, 0.25) is 5.95 Å². The summed E-state index contributed by atoms with van der Waals surface area (Å²) >= 11 is 0. The molecule has 0 spiro atoms. The Labute approximate surface area is 112 Å². The number of H-pyrrole nitrogens is 2. The van der Waals surface area contributed by atoms with Gasteiger partial charge in [0.25, 0.3) is 5.56 Å². The highest BCUT2D eigenvalue weighted by Crippen LogP contribution is 2.19. The molecule has 3 aromatic rings. The number of nitrogens with zero attached hydrogens (tertiary/aromatic N) is 1. The molecule has 0 aliphatic carbocycles. The van der Waals surface area contributed by atoms with Gasteiger partial charge < -0.3 is 15.8 Å². The molecule has 20 heavy (non-hydrogen) atoms. The maximum absolute atomic E-state index is 12.4. The number of anilines is 1. The molecule has 0 aliphatic heterocycles. The molecule has 7 heteroatoms. The van der Waals surface area contributed by atoms with Gasteiger partial charge in [0.05, 0.1) is 5.56 Å². The Hall–Kier alpha value is -3.09. The van der Waals surface area contributed by atoms with Crippen LogP contribution in [0.25, 0.3) is 11.0 Å². The number of nitrogens with two attached hydrogens (primary N) is 1. The van der Waals surface area contributed by atoms with E-state index in [2.05, 4.69) is 15.0 Å². The van der Waals surface area contributed by atoms with Gasteiger partial charge in [0, 0.05) is 11.8 Å². The predicted molar refractivity (Wildman–Crippen MR) is 72.7 cm³/mol. The molecule has 2 aromatic heterocycles. The number of carbonyl (C=O) groups excluding carboxylic acids is 1. The van der Waals surface area contributed by atoms with Crippen LogP contribution in [0.1, 0.15) is 15.9 Å². The van der Waals surface area contributed by atoms with Crippen LogP contribution in [0.3, 0.4) is 0 Å². The smallest absolute Gasteiger partial charge is 0.276 e. The Bertz CT molecular complexity index is 861. The number of phenols is 1. The highest BCUT2D eigenvalue weighted by Gasteiger charge is 2.17. The third-order valence-electron chi connectivity index (χ3n) is 2.93. The van der Waals surface area contributed by atoms with Gasteiger partial charge in [-0.3, -0.25) is 14.6 Å². The fourth-order valence-corrected chi connectivity index (χ4v) is 1.97. The quantitative estimate of drug-likeness (QED) is 0.512. The molecule has 100 valence electrons. The van der Waals surface area contributed by atoms with Gasteiger partial charge in [-0.05, 0) is 24.3 Å². The summed E-state index contributed by atoms with van der Waals surface area (Å²) in [6.45, 7) is 0. The number of nitrogens with one attached hydrogen (secondary N) is 2. The second-order valence-corrected chi connectivity index (χ2v) is 4.25. The number of aromatic nitrogens is 3. The molecule has 0 atom stereocenters. The molecular formula is C13H10N4O3. The van der Waals surface area contributed by atoms with Gasteiger partial charge in [-0.2, -0.15) is 0 Å². The number of aromatic amines is 2. The number of aromatic hydroxyl groups is 1. The second kappa shape index (κ2) is 4.23. The third kappa shape index (κ3) is 1.81. The zero-order valence-corrected chi connectivity index (χ0v) is 10.2. The number of nitrogen functional groups attached to an aromatic ring is 1. The van der Waals surface area contributed by atoms with E-state index in [1.54, 1.807) is 0 Å². The molecule has 2 heterocycles. The van der Waals surface area contributed by atoms with Crippen molar-refractivity contribution in [2.45, 2.75) is 0 Å². The number of hydrogen-bond acceptors (Lipinski definition) is 5. The third-order valence-corrected chi connectivity index (χ3v) is 2.93. The van der Waals surface area contributed by atoms with Crippen molar-refractivity contribution in [3.8, 4) is 5.75 Å². The lowest BCUT2D eigenvalue weighted by molar-refractivity contribution is 0.104. The number of carbonyl (C=O) groups is 1. The van der Waals surface area contributed by atoms with Crippen molar-refractivity contribution in [1.82, 2.24) is 15.0 Å². The molecule has 0 radical (unpaired) electrons. The van der Waals surface area contributed by atoms with E-state index in [4.69, 9.17) is 5.73 Å². The van der Waals surface area contributed by atoms with Crippen molar-refractivity contribution in [2.75, 3.05) is 5.73 Å². The van der Waals surface area contributed by atoms with Crippen LogP contribution < -0.4 is 11.3 Å². The van der Waals surface area contributed by atoms with E-state index >= 15 is 0 Å². The van der Waals surface area contributed by atoms with Gasteiger partial charge in [-0.25, -0.2) is 4.98 Å². The SMILES string of the molecule is Nc1nc2c(C(=O)c3ccc(O)cc3)c[nH]c2c(=O)[nH]1. The lowest BCUT2D eigenvalue weighted by Crippen LogP contribution is -2.11. The van der Waals surface area contributed by atoms with Crippen LogP contribution in [0.2, 0.25) is 0 Å². The standard InChI is InChI=1S/C13H10N4O3/c14-13-16-9-8(5-15-10(9)12(20)17-13)11(19)6-1-3-7(18)4-2-6/h1-5,15,18H,(H3,14,16,17,20). The van der Waals surface area contributed by atoms with Crippen molar-refractivity contribution in [1.29, 1.82) is 0 Å². The zero-order chi connectivity index (χ0) is 14.3. The monoisotopic (exact) mass is 270 g/mol. The molecule has 0 unspecified atom stereocenters. The van der Waals surface area contributed by atoms with E-state index < -0.39 is 5.56 Å². The average Bonchev–Trinajstić information content (AvgIpc) is 2.82. The van der Waals surface area contributed by atoms with Crippen LogP contribution in [-0.4, -0.2) is 25.8 Å². The number of ketones is 1. The van der Waals surface area contributed by atoms with E-state index in [1.807, 2.05) is 0 Å². The molecule has 0 saturated heterocycles. The summed E-state index contributed by atoms with van der Waals surface area (Å²) in [5.41, 5.74) is 6.11. The molecule has 0 fully saturated rings. The maximum Gasteiger partial charge on any atom is 0.276 e. The highest BCUT2D eigenvalue weighted by molar-refractivity contribution is 6.15. The van der Waals surface area contributed by atoms with Gasteiger partial charge in [-0.15, -0.1) is 0 Å². The molecule has 0 bridgehead atoms. The van der Waals surface area contributed by atoms with Crippen LogP contribution in [0, 0.1) is 0 Å². The summed E-state index contributed by atoms with van der Waals surface area (Å²) in [6, 6.07) is 5.81. The topological polar surface area (TPSA) is 125 Å². The molecular weight excluding hydrogens is 260 g/mol. The van der Waals surface area contributed by atoms with E-state index in [0.29, 0.717) is 5.56 Å². The Morgan fingerprint density at radius 1 is 1.25 bits per heavy atom. The maximum atomic E-state index is 12.4. The molecule has 7 nitrogen and oxygen atoms in total. The average molecular weight is 270 g/mol. The van der Waals surface area contributed by atoms with Crippen LogP contribution in [-0.2, 0) is 0 Å². The van der Waals surface area contributed by atoms with E-state index in [0.717, 1.165) is 0 Å². The molecule has 0 saturated carbocycles. The number of rotatable bonds is 2. The normalized spacial score (nSPS) is 10.8. The zero-order valence-electron chi connectivity index (χ0n) is 10.2. The minimum absolute atomic E-state index is 0.0538. The van der Waals surface area contributed by atoms with Gasteiger partial charge in [0.15, 0.2) is 5.78 Å². The fraction of sp³-hybridized carbons (Fsp3) is 0. The lowest BCUT2D eigenvalue weighted by Gasteiger charge is -2.00. The molecule has 0 aliphatic rings. The highest BCUT2D eigenvalue weighted by atomic mass is 16.3. The largest absolute Gasteiger partial charge is 0.508 e. The number of fused-ring (bicyclic) bond motifs is 1. The van der Waals surface area contributed by atoms with Crippen LogP contribution in [0.5, 0.6) is 5.75 Å². The predicted octanol–water partition coefficient (Wildman–Crippen LogP) is 0.770. The van der Waals surface area contributed by atoms with Crippen molar-refractivity contribution in [3.63, 3.8) is 0 Å². The summed E-state index contributed by atoms with van der Waals surface area (Å²) in [6.07, 6.45) is 1.42. The minimum Gasteiger partial charge on any atom is -0.508 e. The number of phenolic OH excluding ortho intramolecular Hbond substituents is 1. The first kappa shape index (κ1) is 12.0. The Morgan fingerprint density at radius 3 is 2.65 bits per heavy atom. The van der Waals surface area contributed by atoms with Gasteiger partial charge >= 0.3 is 0 Å². The summed E-state index contributed by atoms with van der Waals surface area (Å²) < 4.78 is 0. The molecule has 5 N–H and O–H groups in total. The molecule has 1 aromatic carbocycles. The minimum atomic E-state index is -0.433. The summed E-state index contributed by atoms with van der Waals surface area (Å²) in [5.74, 6) is -0.296. The van der Waals surface area contributed by atoms with Crippen molar-refractivity contribution in [2.24, 2.45) is 0 Å². The Kier molecular flexibility index (Phi) is 2.53. The lowest BCUT2D eigenvalue weighted by atomic mass is 10.1. The van der Waals surface area contributed by atoms with E-state index in [1.165, 1.54) is 30.5 Å². The van der Waals surface area contributed by atoms with Crippen LogP contribution >= 0.6 is 0 Å². The second-order valence-electron chi connectivity index (χ2n) is 4.25. The van der Waals surface area contributed by atoms with Crippen LogP contribution in [0.4, 0.5) is 5.95 Å². The first-order valence-corrected chi connectivity index (χ1v) is 5.77. The van der Waals surface area contributed by atoms with E-state index in [9.17, 15) is 14.7 Å². The molecule has 0 amide bonds. The number of hydrogen-bond donors (Lipinski definition) is 4. The Morgan fingerprint density at radius 2 is 1.95 bits per heavy atom. The summed E-state index contributed by atoms with van der Waals surface area (Å²) in [7, 11) is 0. The fourth-order valence-electron chi connectivity index (χ4n) is 1.97. The van der Waals surface area contributed by atoms with Crippen molar-refractivity contribution in [3.05, 3.63) is 51.9 Å². The first-order chi connectivity index (χ1) is 9.56. The Balaban J connectivity index is 2.17. The van der Waals surface area contributed by atoms with Gasteiger partial charge in [0.1, 0.15) is 16.8 Å². The van der Waals surface area contributed by atoms with Crippen LogP contribution in [0.15, 0.2) is 35.3 Å². The van der Waals surface area contributed by atoms with Crippen molar-refractivity contribution < 1.29 is 9.90 Å². The van der Waals surface area contributed by atoms with Crippen molar-refractivity contribution >= 4 is 22.8 Å². The number of benzene rings is 1. The van der Waals surface area contributed by atoms with Gasteiger partial charge in [-0.1, -0.05) is 0 Å². The summed E-state index contributed by atoms with van der Waals surface area (Å²) in [4.78, 5) is 33.1. The first-order valence-electron chi connectivity index (χ1n) is 5.77. The molecule has 3 rings (SSSR count). The summed E-state index contributed by atoms with van der Waals surface area (Å²) in [5, 5.41) is 9.22.